The molecule has 11 heteroatoms. The topological polar surface area (TPSA) is 126 Å². The van der Waals surface area contributed by atoms with Crippen molar-refractivity contribution < 1.29 is 49.3 Å². The van der Waals surface area contributed by atoms with Crippen LogP contribution >= 0.6 is 20.7 Å². The molecule has 0 saturated carbocycles. The van der Waals surface area contributed by atoms with Crippen molar-refractivity contribution in [3.05, 3.63) is 31.9 Å². The summed E-state index contributed by atoms with van der Waals surface area (Å²) in [5.74, 6) is -1.59. The Morgan fingerprint density at radius 2 is 1.67 bits per heavy atom. The summed E-state index contributed by atoms with van der Waals surface area (Å²) >= 11 is 0. The molecule has 1 aromatic heterocycles. The smallest absolute Gasteiger partial charge is 0.545 e. The first-order chi connectivity index (χ1) is 7.93. The molecule has 8 nitrogen and oxygen atoms in total. The fourth-order valence-corrected chi connectivity index (χ4v) is 3.50. The van der Waals surface area contributed by atoms with E-state index >= 15 is 0 Å². The van der Waals surface area contributed by atoms with E-state index in [-0.39, 0.29) is 44.5 Å². The summed E-state index contributed by atoms with van der Waals surface area (Å²) in [4.78, 5) is 30.3. The van der Waals surface area contributed by atoms with Crippen molar-refractivity contribution in [2.45, 2.75) is 0 Å². The maximum Gasteiger partial charge on any atom is 1.00 e. The van der Waals surface area contributed by atoms with E-state index in [2.05, 4.69) is 0 Å². The SMILES string of the molecule is O=C([O-])c1cc([N+](=O)[O-])c([N+](=O)[O-])c2ssc12.[Na+]. The molecule has 0 atom stereocenters. The van der Waals surface area contributed by atoms with E-state index in [0.717, 1.165) is 20.7 Å². The molecule has 0 radical (unpaired) electrons. The Bertz CT molecular complexity index is 662. The third-order valence-corrected chi connectivity index (χ3v) is 4.61. The van der Waals surface area contributed by atoms with Crippen molar-refractivity contribution in [2.75, 3.05) is 0 Å². The number of nitro benzene ring substituents is 2. The molecule has 0 amide bonds. The molecule has 18 heavy (non-hydrogen) atoms. The van der Waals surface area contributed by atoms with Crippen molar-refractivity contribution >= 4 is 47.4 Å². The molecular formula is C7HN2NaO6S2. The molecular weight excluding hydrogens is 295 g/mol. The normalized spacial score (nSPS) is 10.0. The zero-order chi connectivity index (χ0) is 12.7. The minimum Gasteiger partial charge on any atom is -0.545 e. The number of rotatable bonds is 3. The molecule has 0 saturated heterocycles. The third-order valence-electron chi connectivity index (χ3n) is 2.00. The van der Waals surface area contributed by atoms with Crippen LogP contribution < -0.4 is 34.7 Å². The summed E-state index contributed by atoms with van der Waals surface area (Å²) in [6.45, 7) is 0. The van der Waals surface area contributed by atoms with E-state index in [4.69, 9.17) is 0 Å². The molecule has 0 unspecified atom stereocenters. The minimum atomic E-state index is -1.59. The van der Waals surface area contributed by atoms with Crippen LogP contribution in [-0.2, 0) is 0 Å². The Morgan fingerprint density at radius 3 is 2.00 bits per heavy atom. The van der Waals surface area contributed by atoms with E-state index in [1.165, 1.54) is 0 Å². The first-order valence-corrected chi connectivity index (χ1v) is 6.14. The average Bonchev–Trinajstić information content (AvgIpc) is 2.17. The first-order valence-electron chi connectivity index (χ1n) is 3.99. The molecule has 0 aliphatic carbocycles. The van der Waals surface area contributed by atoms with Crippen LogP contribution in [0.25, 0.3) is 9.40 Å². The van der Waals surface area contributed by atoms with Crippen LogP contribution in [0.4, 0.5) is 11.4 Å². The van der Waals surface area contributed by atoms with Gasteiger partial charge in [-0.1, -0.05) is 20.7 Å². The van der Waals surface area contributed by atoms with Crippen LogP contribution in [-0.4, -0.2) is 15.8 Å². The van der Waals surface area contributed by atoms with Crippen LogP contribution in [0.2, 0.25) is 0 Å². The van der Waals surface area contributed by atoms with E-state index < -0.39 is 27.2 Å². The molecule has 88 valence electrons. The summed E-state index contributed by atoms with van der Waals surface area (Å²) in [5.41, 5.74) is -1.89. The van der Waals surface area contributed by atoms with Gasteiger partial charge in [0.05, 0.1) is 20.5 Å². The number of hydrogen-bond donors (Lipinski definition) is 0. The molecule has 0 bridgehead atoms. The van der Waals surface area contributed by atoms with Gasteiger partial charge >= 0.3 is 40.9 Å². The van der Waals surface area contributed by atoms with Gasteiger partial charge in [0.15, 0.2) is 0 Å². The average molecular weight is 296 g/mol. The summed E-state index contributed by atoms with van der Waals surface area (Å²) in [6.07, 6.45) is 0. The summed E-state index contributed by atoms with van der Waals surface area (Å²) < 4.78 is 0.153. The maximum absolute atomic E-state index is 10.7. The Kier molecular flexibility index (Phi) is 4.40. The molecule has 2 aromatic rings. The predicted molar refractivity (Wildman–Crippen MR) is 57.3 cm³/mol. The molecule has 1 heterocycles. The largest absolute Gasteiger partial charge is 1.00 e. The number of aromatic carboxylic acids is 1. The van der Waals surface area contributed by atoms with Crippen molar-refractivity contribution in [3.63, 3.8) is 0 Å². The predicted octanol–water partition coefficient (Wildman–Crippen LogP) is -1.85. The molecule has 0 aliphatic heterocycles. The number of carbonyl (C=O) groups is 1. The van der Waals surface area contributed by atoms with Crippen LogP contribution in [0.15, 0.2) is 6.07 Å². The van der Waals surface area contributed by atoms with Crippen molar-refractivity contribution in [3.8, 4) is 0 Å². The van der Waals surface area contributed by atoms with Gasteiger partial charge in [0.1, 0.15) is 4.70 Å². The molecule has 0 aliphatic rings. The Labute approximate surface area is 128 Å². The number of nitrogens with zero attached hydrogens (tertiary/aromatic N) is 2. The maximum atomic E-state index is 10.7. The Morgan fingerprint density at radius 1 is 1.11 bits per heavy atom. The van der Waals surface area contributed by atoms with E-state index in [1.54, 1.807) is 0 Å². The zero-order valence-corrected chi connectivity index (χ0v) is 12.4. The van der Waals surface area contributed by atoms with Gasteiger partial charge < -0.3 is 9.90 Å². The third kappa shape index (κ3) is 2.24. The molecule has 0 spiro atoms. The fourth-order valence-electron chi connectivity index (χ4n) is 1.29. The van der Waals surface area contributed by atoms with Gasteiger partial charge in [-0.05, 0) is 0 Å². The number of carbonyl (C=O) groups excluding carboxylic acids is 1. The molecule has 0 fully saturated rings. The number of nitro groups is 2. The summed E-state index contributed by atoms with van der Waals surface area (Å²) in [6, 6.07) is 0.666. The molecule has 1 aromatic carbocycles. The standard InChI is InChI=1S/C7H2N2O6S2.Na/c10-7(11)2-1-3(8(12)13)4(9(14)15)6-5(2)16-17-6;/h1H,(H,10,11);/q;+1/p-1. The number of fused-ring (bicyclic) bond motifs is 1. The number of carboxylic acid groups (broad SMARTS) is 1. The summed E-state index contributed by atoms with van der Waals surface area (Å²) in [7, 11) is 1.93. The molecule has 0 N–H and O–H groups in total. The van der Waals surface area contributed by atoms with Gasteiger partial charge in [-0.15, -0.1) is 0 Å². The van der Waals surface area contributed by atoms with Crippen LogP contribution in [0.5, 0.6) is 0 Å². The van der Waals surface area contributed by atoms with Crippen molar-refractivity contribution in [2.24, 2.45) is 0 Å². The Hall–Kier alpha value is -1.07. The van der Waals surface area contributed by atoms with Gasteiger partial charge in [0, 0.05) is 11.6 Å². The van der Waals surface area contributed by atoms with E-state index in [0.29, 0.717) is 6.07 Å². The quantitative estimate of drug-likeness (QED) is 0.283. The second-order valence-electron chi connectivity index (χ2n) is 2.92. The van der Waals surface area contributed by atoms with Crippen molar-refractivity contribution in [1.82, 2.24) is 0 Å². The Balaban J connectivity index is 0.00000162. The van der Waals surface area contributed by atoms with Crippen LogP contribution in [0.3, 0.4) is 0 Å². The van der Waals surface area contributed by atoms with Crippen LogP contribution in [0.1, 0.15) is 10.4 Å². The fraction of sp³-hybridized carbons (Fsp3) is 0. The van der Waals surface area contributed by atoms with Gasteiger partial charge in [-0.2, -0.15) is 0 Å². The van der Waals surface area contributed by atoms with Crippen LogP contribution in [0, 0.1) is 20.2 Å². The second kappa shape index (κ2) is 5.28. The second-order valence-corrected chi connectivity index (χ2v) is 5.07. The monoisotopic (exact) mass is 296 g/mol. The molecule has 2 rings (SSSR count). The number of hydrogen-bond acceptors (Lipinski definition) is 8. The zero-order valence-electron chi connectivity index (χ0n) is 8.74. The number of benzene rings is 1. The van der Waals surface area contributed by atoms with E-state index in [9.17, 15) is 30.1 Å². The summed E-state index contributed by atoms with van der Waals surface area (Å²) in [5, 5.41) is 32.1. The van der Waals surface area contributed by atoms with Gasteiger partial charge in [0.2, 0.25) is 0 Å². The number of carboxylic acids is 1. The van der Waals surface area contributed by atoms with E-state index in [1.807, 2.05) is 0 Å². The first kappa shape index (κ1) is 15.0. The van der Waals surface area contributed by atoms with Gasteiger partial charge in [-0.3, -0.25) is 20.2 Å². The minimum absolute atomic E-state index is 0. The van der Waals surface area contributed by atoms with Crippen molar-refractivity contribution in [1.29, 1.82) is 0 Å². The van der Waals surface area contributed by atoms with Gasteiger partial charge in [0.25, 0.3) is 0 Å². The van der Waals surface area contributed by atoms with Gasteiger partial charge in [-0.25, -0.2) is 0 Å².